The molecule has 12 heavy (non-hydrogen) atoms. The van der Waals surface area contributed by atoms with E-state index in [-0.39, 0.29) is 19.6 Å². The molecular weight excluding hydrogens is 166 g/mol. The van der Waals surface area contributed by atoms with Crippen LogP contribution in [0, 0.1) is 0 Å². The van der Waals surface area contributed by atoms with Gasteiger partial charge in [0.25, 0.3) is 5.92 Å². The molecule has 0 radical (unpaired) electrons. The molecule has 0 atom stereocenters. The fourth-order valence-electron chi connectivity index (χ4n) is 1.41. The van der Waals surface area contributed by atoms with Crippen molar-refractivity contribution >= 4 is 0 Å². The highest BCUT2D eigenvalue weighted by atomic mass is 19.3. The topological polar surface area (TPSA) is 38.0 Å². The summed E-state index contributed by atoms with van der Waals surface area (Å²) < 4.78 is 26.6. The van der Waals surface area contributed by atoms with Crippen LogP contribution in [-0.2, 0) is 19.6 Å². The molecule has 2 heterocycles. The SMILES string of the molecule is OCc1cc2n(n1)CC(F)(F)C2. The van der Waals surface area contributed by atoms with Crippen LogP contribution in [0.4, 0.5) is 8.78 Å². The van der Waals surface area contributed by atoms with Gasteiger partial charge in [-0.2, -0.15) is 5.10 Å². The normalized spacial score (nSPS) is 19.6. The monoisotopic (exact) mass is 174 g/mol. The van der Waals surface area contributed by atoms with Crippen molar-refractivity contribution in [2.75, 3.05) is 0 Å². The second kappa shape index (κ2) is 2.26. The first-order valence-corrected chi connectivity index (χ1v) is 3.65. The van der Waals surface area contributed by atoms with E-state index < -0.39 is 5.92 Å². The highest BCUT2D eigenvalue weighted by Gasteiger charge is 2.38. The summed E-state index contributed by atoms with van der Waals surface area (Å²) in [6.07, 6.45) is -0.264. The van der Waals surface area contributed by atoms with Crippen LogP contribution < -0.4 is 0 Å². The standard InChI is InChI=1S/C7H8F2N2O/c8-7(9)2-6-1-5(3-12)10-11(6)4-7/h1,12H,2-4H2. The molecule has 1 aliphatic heterocycles. The van der Waals surface area contributed by atoms with Crippen molar-refractivity contribution in [2.45, 2.75) is 25.5 Å². The van der Waals surface area contributed by atoms with Gasteiger partial charge in [0, 0.05) is 5.69 Å². The number of hydrogen-bond acceptors (Lipinski definition) is 2. The zero-order valence-electron chi connectivity index (χ0n) is 6.30. The number of aliphatic hydroxyl groups is 1. The van der Waals surface area contributed by atoms with Crippen LogP contribution in [0.3, 0.4) is 0 Å². The van der Waals surface area contributed by atoms with Gasteiger partial charge in [0.1, 0.15) is 6.54 Å². The smallest absolute Gasteiger partial charge is 0.272 e. The fraction of sp³-hybridized carbons (Fsp3) is 0.571. The predicted molar refractivity (Wildman–Crippen MR) is 36.8 cm³/mol. The van der Waals surface area contributed by atoms with Crippen LogP contribution in [0.2, 0.25) is 0 Å². The summed E-state index contributed by atoms with van der Waals surface area (Å²) in [5.74, 6) is -2.66. The van der Waals surface area contributed by atoms with E-state index in [0.29, 0.717) is 11.4 Å². The average molecular weight is 174 g/mol. The number of aliphatic hydroxyl groups excluding tert-OH is 1. The molecule has 1 aromatic rings. The van der Waals surface area contributed by atoms with Gasteiger partial charge < -0.3 is 5.11 Å². The summed E-state index contributed by atoms with van der Waals surface area (Å²) in [6, 6.07) is 1.51. The Labute approximate surface area is 67.6 Å². The molecular formula is C7H8F2N2O. The van der Waals surface area contributed by atoms with Crippen molar-refractivity contribution in [2.24, 2.45) is 0 Å². The summed E-state index contributed by atoms with van der Waals surface area (Å²) in [5, 5.41) is 12.5. The lowest BCUT2D eigenvalue weighted by Gasteiger charge is -2.04. The maximum Gasteiger partial charge on any atom is 0.272 e. The molecule has 3 nitrogen and oxygen atoms in total. The van der Waals surface area contributed by atoms with E-state index in [1.807, 2.05) is 0 Å². The third-order valence-electron chi connectivity index (χ3n) is 1.90. The van der Waals surface area contributed by atoms with Gasteiger partial charge in [0.05, 0.1) is 18.7 Å². The van der Waals surface area contributed by atoms with E-state index in [0.717, 1.165) is 0 Å². The van der Waals surface area contributed by atoms with Crippen molar-refractivity contribution in [3.8, 4) is 0 Å². The van der Waals surface area contributed by atoms with Crippen LogP contribution in [0.1, 0.15) is 11.4 Å². The second-order valence-corrected chi connectivity index (χ2v) is 2.98. The van der Waals surface area contributed by atoms with E-state index in [2.05, 4.69) is 5.10 Å². The third kappa shape index (κ3) is 1.10. The molecule has 0 saturated heterocycles. The lowest BCUT2D eigenvalue weighted by molar-refractivity contribution is 0.000735. The van der Waals surface area contributed by atoms with Crippen molar-refractivity contribution in [1.29, 1.82) is 0 Å². The number of fused-ring (bicyclic) bond motifs is 1. The average Bonchev–Trinajstić information content (AvgIpc) is 2.40. The maximum absolute atomic E-state index is 12.7. The number of rotatable bonds is 1. The molecule has 0 unspecified atom stereocenters. The molecule has 5 heteroatoms. The molecule has 1 N–H and O–H groups in total. The van der Waals surface area contributed by atoms with Gasteiger partial charge >= 0.3 is 0 Å². The zero-order valence-corrected chi connectivity index (χ0v) is 6.30. The summed E-state index contributed by atoms with van der Waals surface area (Å²) in [7, 11) is 0. The van der Waals surface area contributed by atoms with Gasteiger partial charge in [0.2, 0.25) is 0 Å². The van der Waals surface area contributed by atoms with E-state index in [1.54, 1.807) is 0 Å². The molecule has 1 aliphatic rings. The summed E-state index contributed by atoms with van der Waals surface area (Å²) in [5.41, 5.74) is 0.963. The Morgan fingerprint density at radius 2 is 2.42 bits per heavy atom. The predicted octanol–water partition coefficient (Wildman–Crippen LogP) is 0.567. The Balaban J connectivity index is 2.30. The number of halogens is 2. The minimum Gasteiger partial charge on any atom is -0.390 e. The first-order valence-electron chi connectivity index (χ1n) is 3.65. The Bertz CT molecular complexity index is 283. The largest absolute Gasteiger partial charge is 0.390 e. The lowest BCUT2D eigenvalue weighted by Crippen LogP contribution is -2.17. The van der Waals surface area contributed by atoms with E-state index >= 15 is 0 Å². The molecule has 66 valence electrons. The van der Waals surface area contributed by atoms with Gasteiger partial charge in [0.15, 0.2) is 0 Å². The first kappa shape index (κ1) is 7.67. The highest BCUT2D eigenvalue weighted by Crippen LogP contribution is 2.29. The van der Waals surface area contributed by atoms with Crippen LogP contribution in [0.25, 0.3) is 0 Å². The Morgan fingerprint density at radius 1 is 1.67 bits per heavy atom. The second-order valence-electron chi connectivity index (χ2n) is 2.98. The molecule has 0 saturated carbocycles. The van der Waals surface area contributed by atoms with Crippen molar-refractivity contribution in [3.05, 3.63) is 17.5 Å². The molecule has 2 rings (SSSR count). The molecule has 0 bridgehead atoms. The van der Waals surface area contributed by atoms with Gasteiger partial charge in [-0.1, -0.05) is 0 Å². The molecule has 0 aromatic carbocycles. The minimum absolute atomic E-state index is 0.189. The van der Waals surface area contributed by atoms with Gasteiger partial charge in [-0.25, -0.2) is 8.78 Å². The van der Waals surface area contributed by atoms with E-state index in [9.17, 15) is 8.78 Å². The third-order valence-corrected chi connectivity index (χ3v) is 1.90. The van der Waals surface area contributed by atoms with Crippen LogP contribution in [0.5, 0.6) is 0 Å². The Hall–Kier alpha value is -0.970. The number of hydrogen-bond donors (Lipinski definition) is 1. The van der Waals surface area contributed by atoms with E-state index in [4.69, 9.17) is 5.11 Å². The molecule has 0 aliphatic carbocycles. The molecule has 1 aromatic heterocycles. The highest BCUT2D eigenvalue weighted by molar-refractivity contribution is 5.15. The Kier molecular flexibility index (Phi) is 1.44. The van der Waals surface area contributed by atoms with Crippen LogP contribution in [0.15, 0.2) is 6.07 Å². The summed E-state index contributed by atoms with van der Waals surface area (Å²) in [4.78, 5) is 0. The maximum atomic E-state index is 12.7. The van der Waals surface area contributed by atoms with Gasteiger partial charge in [-0.3, -0.25) is 4.68 Å². The quantitative estimate of drug-likeness (QED) is 0.675. The van der Waals surface area contributed by atoms with Crippen molar-refractivity contribution in [1.82, 2.24) is 9.78 Å². The van der Waals surface area contributed by atoms with E-state index in [1.165, 1.54) is 10.7 Å². The summed E-state index contributed by atoms with van der Waals surface area (Å²) in [6.45, 7) is -0.548. The summed E-state index contributed by atoms with van der Waals surface area (Å²) >= 11 is 0. The molecule has 0 spiro atoms. The van der Waals surface area contributed by atoms with Crippen LogP contribution >= 0.6 is 0 Å². The zero-order chi connectivity index (χ0) is 8.77. The molecule has 0 amide bonds. The molecule has 0 fully saturated rings. The number of aromatic nitrogens is 2. The first-order chi connectivity index (χ1) is 5.61. The lowest BCUT2D eigenvalue weighted by atomic mass is 10.2. The number of alkyl halides is 2. The Morgan fingerprint density at radius 3 is 3.00 bits per heavy atom. The van der Waals surface area contributed by atoms with Gasteiger partial charge in [-0.15, -0.1) is 0 Å². The minimum atomic E-state index is -2.66. The van der Waals surface area contributed by atoms with Crippen molar-refractivity contribution in [3.63, 3.8) is 0 Å². The number of nitrogens with zero attached hydrogens (tertiary/aromatic N) is 2. The van der Waals surface area contributed by atoms with Gasteiger partial charge in [-0.05, 0) is 6.07 Å². The fourth-order valence-corrected chi connectivity index (χ4v) is 1.41. The van der Waals surface area contributed by atoms with Crippen molar-refractivity contribution < 1.29 is 13.9 Å². The van der Waals surface area contributed by atoms with Crippen LogP contribution in [-0.4, -0.2) is 20.8 Å².